The van der Waals surface area contributed by atoms with Crippen LogP contribution in [-0.4, -0.2) is 64.7 Å². The van der Waals surface area contributed by atoms with Crippen molar-refractivity contribution < 1.29 is 23.7 Å². The molecule has 7 rings (SSSR count). The molecule has 5 heterocycles. The number of nitrogens with zero attached hydrogens (tertiary/aromatic N) is 4. The van der Waals surface area contributed by atoms with Gasteiger partial charge in [-0.05, 0) is 72.1 Å². The minimum atomic E-state index is -0.984. The molecular weight excluding hydrogens is 592 g/mol. The van der Waals surface area contributed by atoms with Gasteiger partial charge < -0.3 is 23.8 Å². The lowest BCUT2D eigenvalue weighted by molar-refractivity contribution is -0.164. The zero-order valence-electron chi connectivity index (χ0n) is 28.6. The fourth-order valence-electron chi connectivity index (χ4n) is 6.41. The van der Waals surface area contributed by atoms with Crippen LogP contribution in [0.3, 0.4) is 0 Å². The molecule has 248 valence electrons. The molecule has 9 heteroatoms. The highest BCUT2D eigenvalue weighted by Crippen LogP contribution is 2.39. The Bertz CT molecular complexity index is 1780. The fraction of sp³-hybridized carbons (Fsp3) is 0.447. The van der Waals surface area contributed by atoms with Crippen molar-refractivity contribution in [2.75, 3.05) is 31.7 Å². The summed E-state index contributed by atoms with van der Waals surface area (Å²) in [6.45, 7) is 14.0. The molecule has 0 aliphatic carbocycles. The fourth-order valence-corrected chi connectivity index (χ4v) is 6.41. The number of esters is 1. The highest BCUT2D eigenvalue weighted by Gasteiger charge is 2.38. The third-order valence-electron chi connectivity index (χ3n) is 8.92. The van der Waals surface area contributed by atoms with Crippen molar-refractivity contribution in [2.24, 2.45) is 0 Å². The van der Waals surface area contributed by atoms with Crippen LogP contribution in [-0.2, 0) is 19.0 Å². The van der Waals surface area contributed by atoms with E-state index >= 15 is 0 Å². The largest absolute Gasteiger partial charge is 0.490 e. The normalized spacial score (nSPS) is 20.9. The minimum absolute atomic E-state index is 0.00328. The number of rotatable bonds is 3. The first-order valence-electron chi connectivity index (χ1n) is 16.5. The SMILES string of the molecule is COC(=O)[C@@H](OC(C)(C)C)c1c(C)nc2cc3nn2c1N1CCC(C)(CC1)OCC=CC[C@@H](C)Oc1ccccc1-c1cccc-3c1. The average molecular weight is 639 g/mol. The van der Waals surface area contributed by atoms with Gasteiger partial charge in [0.05, 0.1) is 42.3 Å². The average Bonchev–Trinajstić information content (AvgIpc) is 3.46. The predicted octanol–water partition coefficient (Wildman–Crippen LogP) is 7.50. The lowest BCUT2D eigenvalue weighted by Crippen LogP contribution is -2.45. The Labute approximate surface area is 277 Å². The zero-order chi connectivity index (χ0) is 33.3. The van der Waals surface area contributed by atoms with Crippen molar-refractivity contribution in [3.8, 4) is 28.1 Å². The summed E-state index contributed by atoms with van der Waals surface area (Å²) in [5.41, 5.74) is 4.93. The molecule has 3 aliphatic rings. The summed E-state index contributed by atoms with van der Waals surface area (Å²) in [5.74, 6) is 1.15. The Morgan fingerprint density at radius 1 is 1.04 bits per heavy atom. The maximum absolute atomic E-state index is 13.4. The Kier molecular flexibility index (Phi) is 9.14. The van der Waals surface area contributed by atoms with Crippen molar-refractivity contribution in [3.63, 3.8) is 0 Å². The van der Waals surface area contributed by atoms with Gasteiger partial charge in [-0.15, -0.1) is 0 Å². The van der Waals surface area contributed by atoms with Crippen molar-refractivity contribution in [3.05, 3.63) is 78.0 Å². The second-order valence-electron chi connectivity index (χ2n) is 13.8. The second-order valence-corrected chi connectivity index (χ2v) is 13.8. The van der Waals surface area contributed by atoms with Crippen LogP contribution in [0.15, 0.2) is 66.7 Å². The van der Waals surface area contributed by atoms with Gasteiger partial charge in [0.15, 0.2) is 11.8 Å². The number of aryl methyl sites for hydroxylation is 1. The van der Waals surface area contributed by atoms with Gasteiger partial charge in [0.1, 0.15) is 11.6 Å². The maximum Gasteiger partial charge on any atom is 0.339 e. The van der Waals surface area contributed by atoms with Gasteiger partial charge in [-0.2, -0.15) is 9.61 Å². The molecule has 0 unspecified atom stereocenters. The van der Waals surface area contributed by atoms with Gasteiger partial charge in [0.25, 0.3) is 0 Å². The summed E-state index contributed by atoms with van der Waals surface area (Å²) in [6, 6.07) is 18.5. The number of para-hydroxylation sites is 1. The number of ether oxygens (including phenoxy) is 4. The lowest BCUT2D eigenvalue weighted by atomic mass is 9.92. The standard InChI is InChI=1S/C38H46N4O5/c1-25-13-10-11-22-45-38(6)18-20-41(21-19-38)35-33(34(36(43)44-7)47-37(3,4)5)26(2)39-32-24-30(40-42(32)35)28-15-12-14-27(23-28)29-16-8-9-17-31(29)46-25/h8-12,14-17,23-25,34H,13,18-22H2,1-7H3/t25-,34+/m1/s1. The Hall–Kier alpha value is -4.21. The summed E-state index contributed by atoms with van der Waals surface area (Å²) < 4.78 is 26.5. The summed E-state index contributed by atoms with van der Waals surface area (Å²) in [5, 5.41) is 5.16. The molecule has 0 spiro atoms. The van der Waals surface area contributed by atoms with Gasteiger partial charge in [0, 0.05) is 42.4 Å². The third-order valence-corrected chi connectivity index (χ3v) is 8.92. The van der Waals surface area contributed by atoms with Crippen LogP contribution < -0.4 is 9.64 Å². The van der Waals surface area contributed by atoms with Crippen molar-refractivity contribution in [1.29, 1.82) is 0 Å². The van der Waals surface area contributed by atoms with E-state index < -0.39 is 17.7 Å². The molecule has 0 radical (unpaired) electrons. The quantitative estimate of drug-likeness (QED) is 0.168. The van der Waals surface area contributed by atoms with E-state index in [4.69, 9.17) is 29.0 Å². The first-order chi connectivity index (χ1) is 22.4. The van der Waals surface area contributed by atoms with E-state index in [-0.39, 0.29) is 11.7 Å². The number of hydrogen-bond acceptors (Lipinski definition) is 8. The molecular formula is C38H46N4O5. The zero-order valence-corrected chi connectivity index (χ0v) is 28.6. The molecule has 0 N–H and O–H groups in total. The van der Waals surface area contributed by atoms with E-state index in [1.54, 1.807) is 0 Å². The van der Waals surface area contributed by atoms with E-state index in [2.05, 4.69) is 55.2 Å². The third kappa shape index (κ3) is 7.06. The molecule has 0 amide bonds. The maximum atomic E-state index is 13.4. The monoisotopic (exact) mass is 638 g/mol. The van der Waals surface area contributed by atoms with Gasteiger partial charge >= 0.3 is 5.97 Å². The Balaban J connectivity index is 1.54. The second kappa shape index (κ2) is 13.1. The van der Waals surface area contributed by atoms with Crippen molar-refractivity contribution in [1.82, 2.24) is 14.6 Å². The lowest BCUT2D eigenvalue weighted by Gasteiger charge is -2.41. The predicted molar refractivity (Wildman–Crippen MR) is 184 cm³/mol. The molecule has 2 atom stereocenters. The number of fused-ring (bicyclic) bond motifs is 7. The molecule has 3 aliphatic heterocycles. The highest BCUT2D eigenvalue weighted by molar-refractivity contribution is 5.81. The van der Waals surface area contributed by atoms with Crippen molar-refractivity contribution >= 4 is 17.4 Å². The Morgan fingerprint density at radius 2 is 1.79 bits per heavy atom. The number of benzene rings is 2. The van der Waals surface area contributed by atoms with E-state index in [0.717, 1.165) is 53.2 Å². The molecule has 4 aromatic rings. The van der Waals surface area contributed by atoms with Crippen LogP contribution in [0, 0.1) is 6.92 Å². The number of carbonyl (C=O) groups excluding carboxylic acids is 1. The van der Waals surface area contributed by atoms with E-state index in [0.29, 0.717) is 36.6 Å². The van der Waals surface area contributed by atoms with Gasteiger partial charge in [0.2, 0.25) is 0 Å². The summed E-state index contributed by atoms with van der Waals surface area (Å²) >= 11 is 0. The van der Waals surface area contributed by atoms with Gasteiger partial charge in [-0.3, -0.25) is 0 Å². The van der Waals surface area contributed by atoms with Crippen LogP contribution in [0.4, 0.5) is 5.82 Å². The first-order valence-corrected chi connectivity index (χ1v) is 16.5. The first kappa shape index (κ1) is 32.7. The van der Waals surface area contributed by atoms with E-state index in [1.165, 1.54) is 7.11 Å². The number of aromatic nitrogens is 3. The van der Waals surface area contributed by atoms with E-state index in [9.17, 15) is 4.79 Å². The molecule has 1 fully saturated rings. The summed E-state index contributed by atoms with van der Waals surface area (Å²) in [4.78, 5) is 20.7. The molecule has 2 aromatic carbocycles. The smallest absolute Gasteiger partial charge is 0.339 e. The number of carbonyl (C=O) groups is 1. The summed E-state index contributed by atoms with van der Waals surface area (Å²) in [6.07, 6.45) is 5.63. The molecule has 0 saturated carbocycles. The number of piperidine rings is 1. The minimum Gasteiger partial charge on any atom is -0.490 e. The Morgan fingerprint density at radius 3 is 2.53 bits per heavy atom. The van der Waals surface area contributed by atoms with Crippen LogP contribution in [0.25, 0.3) is 28.0 Å². The highest BCUT2D eigenvalue weighted by atomic mass is 16.6. The summed E-state index contributed by atoms with van der Waals surface area (Å²) in [7, 11) is 1.39. The molecule has 47 heavy (non-hydrogen) atoms. The molecule has 9 nitrogen and oxygen atoms in total. The van der Waals surface area contributed by atoms with Crippen LogP contribution in [0.2, 0.25) is 0 Å². The number of hydrogen-bond donors (Lipinski definition) is 0. The van der Waals surface area contributed by atoms with Crippen LogP contribution in [0.5, 0.6) is 5.75 Å². The molecule has 2 aromatic heterocycles. The van der Waals surface area contributed by atoms with Gasteiger partial charge in [-0.1, -0.05) is 48.6 Å². The van der Waals surface area contributed by atoms with Crippen LogP contribution >= 0.6 is 0 Å². The van der Waals surface area contributed by atoms with Gasteiger partial charge in [-0.25, -0.2) is 9.78 Å². The van der Waals surface area contributed by atoms with E-state index in [1.807, 2.05) is 62.5 Å². The number of anilines is 1. The number of methoxy groups -OCH3 is 1. The van der Waals surface area contributed by atoms with Crippen LogP contribution in [0.1, 0.15) is 71.2 Å². The molecule has 6 bridgehead atoms. The van der Waals surface area contributed by atoms with Crippen molar-refractivity contribution in [2.45, 2.75) is 84.2 Å². The topological polar surface area (TPSA) is 87.4 Å². The molecule has 1 saturated heterocycles.